The van der Waals surface area contributed by atoms with Crippen LogP contribution >= 0.6 is 0 Å². The van der Waals surface area contributed by atoms with Crippen molar-refractivity contribution in [2.24, 2.45) is 5.41 Å². The van der Waals surface area contributed by atoms with Crippen LogP contribution in [0.4, 0.5) is 10.6 Å². The van der Waals surface area contributed by atoms with Gasteiger partial charge >= 0.3 is 6.03 Å². The fourth-order valence-electron chi connectivity index (χ4n) is 5.01. The highest BCUT2D eigenvalue weighted by Crippen LogP contribution is 2.45. The van der Waals surface area contributed by atoms with Crippen LogP contribution in [0.2, 0.25) is 0 Å². The zero-order valence-electron chi connectivity index (χ0n) is 16.1. The van der Waals surface area contributed by atoms with Gasteiger partial charge in [-0.15, -0.1) is 0 Å². The number of imide groups is 2. The molecule has 9 heteroatoms. The highest BCUT2D eigenvalue weighted by atomic mass is 16.2. The number of hydrogen-bond acceptors (Lipinski definition) is 6. The monoisotopic (exact) mass is 395 g/mol. The number of aromatic nitrogens is 2. The number of nitrogens with one attached hydrogen (secondary N) is 1. The lowest BCUT2D eigenvalue weighted by Crippen LogP contribution is -2.71. The van der Waals surface area contributed by atoms with Gasteiger partial charge in [0.15, 0.2) is 5.41 Å². The molecule has 5 heterocycles. The van der Waals surface area contributed by atoms with E-state index in [0.717, 1.165) is 24.2 Å². The summed E-state index contributed by atoms with van der Waals surface area (Å²) in [6, 6.07) is 4.14. The zero-order chi connectivity index (χ0) is 20.3. The summed E-state index contributed by atoms with van der Waals surface area (Å²) < 4.78 is 1.44. The van der Waals surface area contributed by atoms with Crippen LogP contribution in [-0.4, -0.2) is 51.8 Å². The van der Waals surface area contributed by atoms with E-state index in [9.17, 15) is 19.2 Å². The van der Waals surface area contributed by atoms with Crippen molar-refractivity contribution < 1.29 is 14.4 Å². The third kappa shape index (κ3) is 2.30. The Bertz CT molecular complexity index is 1130. The number of nitrogens with zero attached hydrogens (tertiary/aromatic N) is 4. The van der Waals surface area contributed by atoms with Crippen molar-refractivity contribution in [1.82, 2.24) is 19.6 Å². The third-order valence-corrected chi connectivity index (χ3v) is 6.47. The van der Waals surface area contributed by atoms with E-state index in [1.165, 1.54) is 11.4 Å². The number of amides is 4. The molecule has 0 unspecified atom stereocenters. The number of urea groups is 1. The van der Waals surface area contributed by atoms with Gasteiger partial charge in [0.1, 0.15) is 11.5 Å². The van der Waals surface area contributed by atoms with Crippen molar-refractivity contribution in [2.75, 3.05) is 18.5 Å². The SMILES string of the molecule is CN1C(=O)NC(=O)[C@@]2(Cc3c(nc4ccccn4c3=O)N3CCCCC[C@@H]32)C1=O. The first-order valence-corrected chi connectivity index (χ1v) is 9.85. The molecule has 0 radical (unpaired) electrons. The summed E-state index contributed by atoms with van der Waals surface area (Å²) >= 11 is 0. The molecule has 0 aromatic carbocycles. The molecule has 0 bridgehead atoms. The molecular formula is C20H21N5O4. The van der Waals surface area contributed by atoms with E-state index in [1.807, 2.05) is 11.0 Å². The van der Waals surface area contributed by atoms with Gasteiger partial charge in [-0.3, -0.25) is 29.0 Å². The van der Waals surface area contributed by atoms with Crippen LogP contribution in [0.1, 0.15) is 31.2 Å². The number of rotatable bonds is 0. The van der Waals surface area contributed by atoms with Crippen LogP contribution in [-0.2, 0) is 16.0 Å². The molecule has 3 aliphatic rings. The number of anilines is 1. The van der Waals surface area contributed by atoms with Crippen molar-refractivity contribution in [3.8, 4) is 0 Å². The quantitative estimate of drug-likeness (QED) is 0.659. The van der Waals surface area contributed by atoms with Crippen LogP contribution in [0.15, 0.2) is 29.2 Å². The molecule has 2 atom stereocenters. The molecule has 150 valence electrons. The minimum absolute atomic E-state index is 0.0601. The standard InChI is InChI=1S/C20H21N5O4/c1-23-18(28)20(17(27)22-19(23)29)11-12-15(24-9-5-2-3-7-13(20)24)21-14-8-4-6-10-25(14)16(12)26/h4,6,8,10,13H,2-3,5,7,9,11H2,1H3,(H,22,27,29)/t13-,20+/m1/s1. The number of barbiturate groups is 1. The fraction of sp³-hybridized carbons (Fsp3) is 0.450. The van der Waals surface area contributed by atoms with E-state index in [-0.39, 0.29) is 12.0 Å². The molecule has 3 aliphatic heterocycles. The minimum Gasteiger partial charge on any atom is -0.352 e. The van der Waals surface area contributed by atoms with Gasteiger partial charge in [-0.05, 0) is 25.0 Å². The molecule has 1 spiro atoms. The fourth-order valence-corrected chi connectivity index (χ4v) is 5.01. The van der Waals surface area contributed by atoms with Crippen LogP contribution in [0, 0.1) is 5.41 Å². The zero-order valence-corrected chi connectivity index (χ0v) is 16.1. The predicted octanol–water partition coefficient (Wildman–Crippen LogP) is 0.694. The summed E-state index contributed by atoms with van der Waals surface area (Å²) in [5, 5.41) is 2.33. The first kappa shape index (κ1) is 17.8. The Morgan fingerprint density at radius 2 is 1.97 bits per heavy atom. The molecule has 2 saturated heterocycles. The summed E-state index contributed by atoms with van der Waals surface area (Å²) in [5.74, 6) is -0.615. The third-order valence-electron chi connectivity index (χ3n) is 6.47. The first-order chi connectivity index (χ1) is 13.9. The number of carbonyl (C=O) groups excluding carboxylic acids is 3. The number of pyridine rings is 1. The first-order valence-electron chi connectivity index (χ1n) is 9.85. The average Bonchev–Trinajstić information content (AvgIpc) is 2.98. The molecular weight excluding hydrogens is 374 g/mol. The Morgan fingerprint density at radius 3 is 2.79 bits per heavy atom. The van der Waals surface area contributed by atoms with Crippen molar-refractivity contribution >= 4 is 29.3 Å². The van der Waals surface area contributed by atoms with E-state index in [4.69, 9.17) is 4.98 Å². The molecule has 4 amide bonds. The van der Waals surface area contributed by atoms with E-state index in [2.05, 4.69) is 5.32 Å². The minimum atomic E-state index is -1.51. The predicted molar refractivity (Wildman–Crippen MR) is 104 cm³/mol. The summed E-state index contributed by atoms with van der Waals surface area (Å²) in [5.41, 5.74) is -0.919. The van der Waals surface area contributed by atoms with Gasteiger partial charge < -0.3 is 4.90 Å². The van der Waals surface area contributed by atoms with E-state index in [0.29, 0.717) is 30.0 Å². The van der Waals surface area contributed by atoms with Gasteiger partial charge in [-0.2, -0.15) is 0 Å². The Kier molecular flexibility index (Phi) is 3.77. The van der Waals surface area contributed by atoms with Gasteiger partial charge in [0, 0.05) is 26.2 Å². The molecule has 29 heavy (non-hydrogen) atoms. The van der Waals surface area contributed by atoms with Crippen molar-refractivity contribution in [3.63, 3.8) is 0 Å². The second kappa shape index (κ2) is 6.13. The second-order valence-electron chi connectivity index (χ2n) is 7.98. The van der Waals surface area contributed by atoms with E-state index < -0.39 is 29.3 Å². The number of carbonyl (C=O) groups is 3. The molecule has 0 aliphatic carbocycles. The van der Waals surface area contributed by atoms with E-state index in [1.54, 1.807) is 18.3 Å². The summed E-state index contributed by atoms with van der Waals surface area (Å²) in [7, 11) is 1.37. The topological polar surface area (TPSA) is 104 Å². The highest BCUT2D eigenvalue weighted by Gasteiger charge is 2.62. The Morgan fingerprint density at radius 1 is 1.14 bits per heavy atom. The molecule has 2 fully saturated rings. The van der Waals surface area contributed by atoms with Gasteiger partial charge in [0.05, 0.1) is 11.6 Å². The number of fused-ring (bicyclic) bond motifs is 5. The average molecular weight is 395 g/mol. The Labute approximate surface area is 166 Å². The van der Waals surface area contributed by atoms with Gasteiger partial charge in [0.2, 0.25) is 11.8 Å². The Balaban J connectivity index is 1.79. The van der Waals surface area contributed by atoms with Crippen molar-refractivity contribution in [1.29, 1.82) is 0 Å². The summed E-state index contributed by atoms with van der Waals surface area (Å²) in [4.78, 5) is 59.5. The maximum absolute atomic E-state index is 13.4. The number of hydrogen-bond donors (Lipinski definition) is 1. The lowest BCUT2D eigenvalue weighted by atomic mass is 9.68. The van der Waals surface area contributed by atoms with Gasteiger partial charge in [-0.1, -0.05) is 18.9 Å². The smallest absolute Gasteiger partial charge is 0.330 e. The Hall–Kier alpha value is -3.23. The van der Waals surface area contributed by atoms with Crippen LogP contribution in [0.25, 0.3) is 5.65 Å². The second-order valence-corrected chi connectivity index (χ2v) is 7.98. The molecule has 1 N–H and O–H groups in total. The van der Waals surface area contributed by atoms with Gasteiger partial charge in [-0.25, -0.2) is 9.78 Å². The molecule has 2 aromatic rings. The highest BCUT2D eigenvalue weighted by molar-refractivity contribution is 6.20. The van der Waals surface area contributed by atoms with Crippen LogP contribution in [0.5, 0.6) is 0 Å². The maximum atomic E-state index is 13.4. The molecule has 2 aromatic heterocycles. The molecule has 9 nitrogen and oxygen atoms in total. The largest absolute Gasteiger partial charge is 0.352 e. The van der Waals surface area contributed by atoms with Crippen LogP contribution in [0.3, 0.4) is 0 Å². The van der Waals surface area contributed by atoms with Gasteiger partial charge in [0.25, 0.3) is 5.56 Å². The van der Waals surface area contributed by atoms with Crippen molar-refractivity contribution in [3.05, 3.63) is 40.3 Å². The normalized spacial score (nSPS) is 26.9. The van der Waals surface area contributed by atoms with Crippen molar-refractivity contribution in [2.45, 2.75) is 38.1 Å². The van der Waals surface area contributed by atoms with E-state index >= 15 is 0 Å². The summed E-state index contributed by atoms with van der Waals surface area (Å²) in [6.07, 6.45) is 4.90. The van der Waals surface area contributed by atoms with Crippen LogP contribution < -0.4 is 15.8 Å². The lowest BCUT2D eigenvalue weighted by Gasteiger charge is -2.50. The summed E-state index contributed by atoms with van der Waals surface area (Å²) in [6.45, 7) is 0.604. The maximum Gasteiger partial charge on any atom is 0.330 e. The molecule has 0 saturated carbocycles. The molecule has 5 rings (SSSR count). The lowest BCUT2D eigenvalue weighted by molar-refractivity contribution is -0.152.